The van der Waals surface area contributed by atoms with E-state index in [-0.39, 0.29) is 23.8 Å². The number of piperidine rings is 1. The van der Waals surface area contributed by atoms with Gasteiger partial charge in [0, 0.05) is 25.4 Å². The highest BCUT2D eigenvalue weighted by atomic mass is 16.2. The van der Waals surface area contributed by atoms with Crippen LogP contribution < -0.4 is 5.32 Å². The van der Waals surface area contributed by atoms with Gasteiger partial charge in [0.1, 0.15) is 0 Å². The maximum absolute atomic E-state index is 12.5. The molecule has 25 heavy (non-hydrogen) atoms. The zero-order valence-corrected chi connectivity index (χ0v) is 14.5. The zero-order valence-electron chi connectivity index (χ0n) is 14.5. The van der Waals surface area contributed by atoms with Crippen LogP contribution in [0.15, 0.2) is 30.3 Å². The second-order valence-electron chi connectivity index (χ2n) is 6.92. The van der Waals surface area contributed by atoms with Gasteiger partial charge in [-0.15, -0.1) is 6.42 Å². The molecule has 1 unspecified atom stereocenters. The molecule has 0 aliphatic carbocycles. The Kier molecular flexibility index (Phi) is 5.72. The number of hydrogen-bond donors (Lipinski definition) is 1. The van der Waals surface area contributed by atoms with E-state index >= 15 is 0 Å². The lowest BCUT2D eigenvalue weighted by atomic mass is 9.95. The first-order valence-electron chi connectivity index (χ1n) is 8.93. The highest BCUT2D eigenvalue weighted by molar-refractivity contribution is 5.83. The summed E-state index contributed by atoms with van der Waals surface area (Å²) in [6.07, 6.45) is 7.40. The Hall–Kier alpha value is -2.32. The molecule has 2 amide bonds. The van der Waals surface area contributed by atoms with Crippen LogP contribution in [0.3, 0.4) is 0 Å². The molecule has 0 saturated carbocycles. The summed E-state index contributed by atoms with van der Waals surface area (Å²) >= 11 is 0. The topological polar surface area (TPSA) is 52.7 Å². The SMILES string of the molecule is C#CCN1CCC(C(=O)NC2CC(=O)N(Cc3ccccc3)C2)CC1. The minimum absolute atomic E-state index is 0.0345. The van der Waals surface area contributed by atoms with Crippen LogP contribution in [0.25, 0.3) is 0 Å². The van der Waals surface area contributed by atoms with Crippen LogP contribution in [-0.4, -0.2) is 53.8 Å². The van der Waals surface area contributed by atoms with Gasteiger partial charge in [-0.3, -0.25) is 14.5 Å². The van der Waals surface area contributed by atoms with E-state index in [1.54, 1.807) is 0 Å². The molecule has 0 aromatic heterocycles. The largest absolute Gasteiger partial charge is 0.351 e. The molecule has 132 valence electrons. The van der Waals surface area contributed by atoms with Crippen molar-refractivity contribution < 1.29 is 9.59 Å². The Bertz CT molecular complexity index is 645. The maximum atomic E-state index is 12.5. The third-order valence-corrected chi connectivity index (χ3v) is 5.05. The molecular formula is C20H25N3O2. The van der Waals surface area contributed by atoms with E-state index in [0.717, 1.165) is 31.5 Å². The third kappa shape index (κ3) is 4.61. The number of nitrogens with one attached hydrogen (secondary N) is 1. The van der Waals surface area contributed by atoms with Crippen molar-refractivity contribution in [2.24, 2.45) is 5.92 Å². The number of rotatable bonds is 5. The predicted octanol–water partition coefficient (Wildman–Crippen LogP) is 1.25. The number of carbonyl (C=O) groups is 2. The third-order valence-electron chi connectivity index (χ3n) is 5.05. The summed E-state index contributed by atoms with van der Waals surface area (Å²) in [5, 5.41) is 3.08. The molecule has 2 saturated heterocycles. The summed E-state index contributed by atoms with van der Waals surface area (Å²) in [6, 6.07) is 9.87. The van der Waals surface area contributed by atoms with Gasteiger partial charge in [0.05, 0.1) is 12.6 Å². The molecule has 3 rings (SSSR count). The van der Waals surface area contributed by atoms with Gasteiger partial charge in [0.2, 0.25) is 11.8 Å². The van der Waals surface area contributed by atoms with Gasteiger partial charge < -0.3 is 10.2 Å². The first-order valence-corrected chi connectivity index (χ1v) is 8.93. The molecule has 0 radical (unpaired) electrons. The van der Waals surface area contributed by atoms with Gasteiger partial charge >= 0.3 is 0 Å². The second kappa shape index (κ2) is 8.17. The minimum Gasteiger partial charge on any atom is -0.351 e. The second-order valence-corrected chi connectivity index (χ2v) is 6.92. The maximum Gasteiger partial charge on any atom is 0.225 e. The highest BCUT2D eigenvalue weighted by Gasteiger charge is 2.33. The lowest BCUT2D eigenvalue weighted by molar-refractivity contribution is -0.128. The fourth-order valence-electron chi connectivity index (χ4n) is 3.63. The lowest BCUT2D eigenvalue weighted by Crippen LogP contribution is -2.44. The van der Waals surface area contributed by atoms with E-state index < -0.39 is 0 Å². The Morgan fingerprint density at radius 3 is 2.64 bits per heavy atom. The summed E-state index contributed by atoms with van der Waals surface area (Å²) in [7, 11) is 0. The number of carbonyl (C=O) groups excluding carboxylic acids is 2. The molecule has 2 aliphatic rings. The number of hydrogen-bond acceptors (Lipinski definition) is 3. The molecule has 1 atom stereocenters. The van der Waals surface area contributed by atoms with E-state index in [2.05, 4.69) is 16.1 Å². The van der Waals surface area contributed by atoms with Crippen molar-refractivity contribution in [3.8, 4) is 12.3 Å². The Morgan fingerprint density at radius 2 is 1.96 bits per heavy atom. The zero-order chi connectivity index (χ0) is 17.6. The molecule has 1 aromatic carbocycles. The summed E-state index contributed by atoms with van der Waals surface area (Å²) < 4.78 is 0. The first-order chi connectivity index (χ1) is 12.2. The molecule has 0 spiro atoms. The average molecular weight is 339 g/mol. The quantitative estimate of drug-likeness (QED) is 0.822. The van der Waals surface area contributed by atoms with Crippen LogP contribution >= 0.6 is 0 Å². The van der Waals surface area contributed by atoms with E-state index in [4.69, 9.17) is 6.42 Å². The molecular weight excluding hydrogens is 314 g/mol. The summed E-state index contributed by atoms with van der Waals surface area (Å²) in [4.78, 5) is 28.7. The van der Waals surface area contributed by atoms with Gasteiger partial charge in [-0.05, 0) is 31.5 Å². The molecule has 5 nitrogen and oxygen atoms in total. The van der Waals surface area contributed by atoms with Crippen molar-refractivity contribution in [3.05, 3.63) is 35.9 Å². The highest BCUT2D eigenvalue weighted by Crippen LogP contribution is 2.19. The van der Waals surface area contributed by atoms with Crippen LogP contribution in [0, 0.1) is 18.3 Å². The molecule has 2 fully saturated rings. The van der Waals surface area contributed by atoms with Crippen LogP contribution in [-0.2, 0) is 16.1 Å². The Balaban J connectivity index is 1.47. The number of amides is 2. The number of likely N-dealkylation sites (tertiary alicyclic amines) is 2. The minimum atomic E-state index is -0.0764. The number of benzene rings is 1. The van der Waals surface area contributed by atoms with E-state index in [0.29, 0.717) is 26.1 Å². The van der Waals surface area contributed by atoms with Crippen molar-refractivity contribution in [3.63, 3.8) is 0 Å². The standard InChI is InChI=1S/C20H25N3O2/c1-2-10-22-11-8-17(9-12-22)20(25)21-18-13-19(24)23(15-18)14-16-6-4-3-5-7-16/h1,3-7,17-18H,8-15H2,(H,21,25). The summed E-state index contributed by atoms with van der Waals surface area (Å²) in [5.74, 6) is 2.88. The Morgan fingerprint density at radius 1 is 1.24 bits per heavy atom. The van der Waals surface area contributed by atoms with E-state index in [1.165, 1.54) is 0 Å². The van der Waals surface area contributed by atoms with Crippen molar-refractivity contribution in [2.75, 3.05) is 26.2 Å². The van der Waals surface area contributed by atoms with Crippen LogP contribution in [0.4, 0.5) is 0 Å². The molecule has 0 bridgehead atoms. The summed E-state index contributed by atoms with van der Waals surface area (Å²) in [5.41, 5.74) is 1.11. The van der Waals surface area contributed by atoms with Gasteiger partial charge in [0.15, 0.2) is 0 Å². The van der Waals surface area contributed by atoms with Crippen molar-refractivity contribution in [1.29, 1.82) is 0 Å². The van der Waals surface area contributed by atoms with Gasteiger partial charge in [-0.1, -0.05) is 36.3 Å². The normalized spacial score (nSPS) is 22.0. The fourth-order valence-corrected chi connectivity index (χ4v) is 3.63. The molecule has 2 heterocycles. The van der Waals surface area contributed by atoms with Crippen molar-refractivity contribution in [2.45, 2.75) is 31.8 Å². The molecule has 1 N–H and O–H groups in total. The van der Waals surface area contributed by atoms with Gasteiger partial charge in [0.25, 0.3) is 0 Å². The average Bonchev–Trinajstić information content (AvgIpc) is 2.96. The Labute approximate surface area is 149 Å². The summed E-state index contributed by atoms with van der Waals surface area (Å²) in [6.45, 7) is 3.59. The van der Waals surface area contributed by atoms with Crippen molar-refractivity contribution in [1.82, 2.24) is 15.1 Å². The van der Waals surface area contributed by atoms with Crippen LogP contribution in [0.2, 0.25) is 0 Å². The first kappa shape index (κ1) is 17.5. The predicted molar refractivity (Wildman–Crippen MR) is 96.4 cm³/mol. The van der Waals surface area contributed by atoms with Crippen LogP contribution in [0.1, 0.15) is 24.8 Å². The molecule has 2 aliphatic heterocycles. The van der Waals surface area contributed by atoms with Gasteiger partial charge in [-0.25, -0.2) is 0 Å². The molecule has 1 aromatic rings. The smallest absolute Gasteiger partial charge is 0.225 e. The van der Waals surface area contributed by atoms with E-state index in [1.807, 2.05) is 35.2 Å². The van der Waals surface area contributed by atoms with Gasteiger partial charge in [-0.2, -0.15) is 0 Å². The van der Waals surface area contributed by atoms with Crippen LogP contribution in [0.5, 0.6) is 0 Å². The van der Waals surface area contributed by atoms with E-state index in [9.17, 15) is 9.59 Å². The molecule has 5 heteroatoms. The lowest BCUT2D eigenvalue weighted by Gasteiger charge is -2.30. The number of nitrogens with zero attached hydrogens (tertiary/aromatic N) is 2. The van der Waals surface area contributed by atoms with Crippen molar-refractivity contribution >= 4 is 11.8 Å². The fraction of sp³-hybridized carbons (Fsp3) is 0.500. The number of terminal acetylenes is 1. The monoisotopic (exact) mass is 339 g/mol.